The van der Waals surface area contributed by atoms with Crippen LogP contribution in [0.3, 0.4) is 0 Å². The Labute approximate surface area is 147 Å². The van der Waals surface area contributed by atoms with E-state index in [9.17, 15) is 4.79 Å². The maximum absolute atomic E-state index is 12.3. The second-order valence-electron chi connectivity index (χ2n) is 8.30. The van der Waals surface area contributed by atoms with Crippen LogP contribution < -0.4 is 5.32 Å². The summed E-state index contributed by atoms with van der Waals surface area (Å²) in [6, 6.07) is 7.54. The summed E-state index contributed by atoms with van der Waals surface area (Å²) in [4.78, 5) is 12.3. The third-order valence-corrected chi connectivity index (χ3v) is 4.01. The summed E-state index contributed by atoms with van der Waals surface area (Å²) in [6.45, 7) is 19.0. The van der Waals surface area contributed by atoms with E-state index < -0.39 is 5.60 Å². The fourth-order valence-electron chi connectivity index (χ4n) is 2.10. The molecule has 24 heavy (non-hydrogen) atoms. The molecular formula is C21H33NO2. The van der Waals surface area contributed by atoms with Crippen LogP contribution in [0.25, 0.3) is 0 Å². The van der Waals surface area contributed by atoms with Crippen molar-refractivity contribution in [2.75, 3.05) is 11.9 Å². The average Bonchev–Trinajstić information content (AvgIpc) is 2.45. The van der Waals surface area contributed by atoms with Gasteiger partial charge in [-0.2, -0.15) is 0 Å². The first kappa shape index (κ1) is 20.4. The van der Waals surface area contributed by atoms with Gasteiger partial charge in [0.25, 0.3) is 0 Å². The number of carbonyl (C=O) groups excluding carboxylic acids is 1. The minimum atomic E-state index is -0.450. The van der Waals surface area contributed by atoms with Crippen LogP contribution in [0.2, 0.25) is 0 Å². The van der Waals surface area contributed by atoms with E-state index in [1.54, 1.807) is 0 Å². The molecule has 3 nitrogen and oxygen atoms in total. The number of benzene rings is 1. The third-order valence-electron chi connectivity index (χ3n) is 4.01. The number of ether oxygens (including phenoxy) is 1. The van der Waals surface area contributed by atoms with Crippen molar-refractivity contribution in [3.63, 3.8) is 0 Å². The lowest BCUT2D eigenvalue weighted by Crippen LogP contribution is -2.31. The fourth-order valence-corrected chi connectivity index (χ4v) is 2.10. The second-order valence-corrected chi connectivity index (χ2v) is 8.30. The molecule has 0 aromatic heterocycles. The molecule has 0 unspecified atom stereocenters. The average molecular weight is 332 g/mol. The first-order chi connectivity index (χ1) is 10.9. The van der Waals surface area contributed by atoms with E-state index in [-0.39, 0.29) is 11.2 Å². The minimum Gasteiger partial charge on any atom is -0.369 e. The summed E-state index contributed by atoms with van der Waals surface area (Å²) in [5.41, 5.74) is 1.62. The first-order valence-electron chi connectivity index (χ1n) is 8.68. The predicted octanol–water partition coefficient (Wildman–Crippen LogP) is 5.68. The third kappa shape index (κ3) is 6.12. The van der Waals surface area contributed by atoms with E-state index in [2.05, 4.69) is 25.7 Å². The number of anilines is 1. The smallest absolute Gasteiger partial charge is 0.168 e. The number of ketones is 1. The van der Waals surface area contributed by atoms with Gasteiger partial charge in [-0.3, -0.25) is 4.79 Å². The molecule has 0 radical (unpaired) electrons. The van der Waals surface area contributed by atoms with Crippen LogP contribution in [0, 0.1) is 11.3 Å². The SMILES string of the molecule is C=C(Nc1ccc(C(=O)C(C)(C)C)cc1)C(C)(C)OCCC(C)C. The number of nitrogens with one attached hydrogen (secondary N) is 1. The molecule has 1 N–H and O–H groups in total. The Morgan fingerprint density at radius 2 is 1.67 bits per heavy atom. The molecular weight excluding hydrogens is 298 g/mol. The Balaban J connectivity index is 2.69. The highest BCUT2D eigenvalue weighted by atomic mass is 16.5. The van der Waals surface area contributed by atoms with E-state index in [1.165, 1.54) is 0 Å². The summed E-state index contributed by atoms with van der Waals surface area (Å²) in [6.07, 6.45) is 1.03. The Hall–Kier alpha value is -1.61. The van der Waals surface area contributed by atoms with Crippen molar-refractivity contribution in [2.45, 2.75) is 60.5 Å². The van der Waals surface area contributed by atoms with Crippen LogP contribution >= 0.6 is 0 Å². The van der Waals surface area contributed by atoms with Crippen molar-refractivity contribution >= 4 is 11.5 Å². The topological polar surface area (TPSA) is 38.3 Å². The molecule has 0 aliphatic rings. The van der Waals surface area contributed by atoms with Gasteiger partial charge in [-0.1, -0.05) is 41.2 Å². The van der Waals surface area contributed by atoms with Crippen molar-refractivity contribution < 1.29 is 9.53 Å². The molecule has 0 heterocycles. The standard InChI is InChI=1S/C21H33NO2/c1-15(2)13-14-24-21(7,8)16(3)22-18-11-9-17(10-12-18)19(23)20(4,5)6/h9-12,15,22H,3,13-14H2,1-2,4-8H3. The Kier molecular flexibility index (Phi) is 6.79. The van der Waals surface area contributed by atoms with Gasteiger partial charge in [-0.25, -0.2) is 0 Å². The van der Waals surface area contributed by atoms with Crippen LogP contribution in [-0.2, 0) is 4.74 Å². The van der Waals surface area contributed by atoms with Gasteiger partial charge >= 0.3 is 0 Å². The quantitative estimate of drug-likeness (QED) is 0.623. The molecule has 0 fully saturated rings. The van der Waals surface area contributed by atoms with Crippen molar-refractivity contribution in [1.29, 1.82) is 0 Å². The van der Waals surface area contributed by atoms with E-state index in [0.717, 1.165) is 23.4 Å². The highest BCUT2D eigenvalue weighted by molar-refractivity contribution is 6.00. The largest absolute Gasteiger partial charge is 0.369 e. The maximum atomic E-state index is 12.3. The fraction of sp³-hybridized carbons (Fsp3) is 0.571. The van der Waals surface area contributed by atoms with Crippen LogP contribution in [-0.4, -0.2) is 18.0 Å². The molecule has 134 valence electrons. The summed E-state index contributed by atoms with van der Waals surface area (Å²) >= 11 is 0. The number of hydrogen-bond donors (Lipinski definition) is 1. The molecule has 1 aromatic carbocycles. The molecule has 1 rings (SSSR count). The Bertz CT molecular complexity index is 562. The van der Waals surface area contributed by atoms with Crippen molar-refractivity contribution in [1.82, 2.24) is 0 Å². The van der Waals surface area contributed by atoms with Gasteiger partial charge in [0.05, 0.1) is 0 Å². The van der Waals surface area contributed by atoms with Crippen LogP contribution in [0.4, 0.5) is 5.69 Å². The van der Waals surface area contributed by atoms with Gasteiger partial charge in [0.1, 0.15) is 5.60 Å². The monoisotopic (exact) mass is 331 g/mol. The molecule has 0 saturated carbocycles. The van der Waals surface area contributed by atoms with Crippen molar-refractivity contribution in [3.8, 4) is 0 Å². The normalized spacial score (nSPS) is 12.3. The molecule has 0 amide bonds. The van der Waals surface area contributed by atoms with Gasteiger partial charge in [0, 0.05) is 29.0 Å². The molecule has 3 heteroatoms. The predicted molar refractivity (Wildman–Crippen MR) is 102 cm³/mol. The van der Waals surface area contributed by atoms with Gasteiger partial charge < -0.3 is 10.1 Å². The number of hydrogen-bond acceptors (Lipinski definition) is 3. The van der Waals surface area contributed by atoms with Crippen molar-refractivity contribution in [3.05, 3.63) is 42.1 Å². The molecule has 1 aromatic rings. The van der Waals surface area contributed by atoms with E-state index >= 15 is 0 Å². The van der Waals surface area contributed by atoms with Crippen LogP contribution in [0.1, 0.15) is 65.2 Å². The van der Waals surface area contributed by atoms with Gasteiger partial charge in [0.2, 0.25) is 0 Å². The molecule has 0 aliphatic heterocycles. The zero-order valence-corrected chi connectivity index (χ0v) is 16.3. The van der Waals surface area contributed by atoms with E-state index in [1.807, 2.05) is 58.9 Å². The van der Waals surface area contributed by atoms with Gasteiger partial charge in [-0.15, -0.1) is 0 Å². The lowest BCUT2D eigenvalue weighted by atomic mass is 9.86. The number of rotatable bonds is 8. The summed E-state index contributed by atoms with van der Waals surface area (Å²) in [5.74, 6) is 0.764. The van der Waals surface area contributed by atoms with Crippen molar-refractivity contribution in [2.24, 2.45) is 11.3 Å². The Morgan fingerprint density at radius 3 is 2.12 bits per heavy atom. The van der Waals surface area contributed by atoms with Gasteiger partial charge in [0.15, 0.2) is 5.78 Å². The molecule has 0 saturated heterocycles. The lowest BCUT2D eigenvalue weighted by Gasteiger charge is -2.29. The zero-order chi connectivity index (χ0) is 18.5. The van der Waals surface area contributed by atoms with Crippen LogP contribution in [0.15, 0.2) is 36.5 Å². The summed E-state index contributed by atoms with van der Waals surface area (Å²) in [7, 11) is 0. The Morgan fingerprint density at radius 1 is 1.12 bits per heavy atom. The molecule has 0 bridgehead atoms. The van der Waals surface area contributed by atoms with E-state index in [4.69, 9.17) is 4.74 Å². The zero-order valence-electron chi connectivity index (χ0n) is 16.3. The first-order valence-corrected chi connectivity index (χ1v) is 8.68. The summed E-state index contributed by atoms with van der Waals surface area (Å²) in [5, 5.41) is 3.29. The highest BCUT2D eigenvalue weighted by Gasteiger charge is 2.24. The molecule has 0 spiro atoms. The summed E-state index contributed by atoms with van der Waals surface area (Å²) < 4.78 is 5.96. The highest BCUT2D eigenvalue weighted by Crippen LogP contribution is 2.25. The van der Waals surface area contributed by atoms with E-state index in [0.29, 0.717) is 12.5 Å². The lowest BCUT2D eigenvalue weighted by molar-refractivity contribution is 0.00652. The van der Waals surface area contributed by atoms with Crippen LogP contribution in [0.5, 0.6) is 0 Å². The van der Waals surface area contributed by atoms with Gasteiger partial charge in [-0.05, 0) is 50.5 Å². The second kappa shape index (κ2) is 7.98. The molecule has 0 atom stereocenters. The maximum Gasteiger partial charge on any atom is 0.168 e. The number of carbonyl (C=O) groups is 1. The minimum absolute atomic E-state index is 0.144. The number of Topliss-reactive ketones (excluding diaryl/α,β-unsaturated/α-hetero) is 1. The molecule has 0 aliphatic carbocycles.